The second kappa shape index (κ2) is 8.37. The minimum absolute atomic E-state index is 0.174. The second-order valence-electron chi connectivity index (χ2n) is 8.21. The van der Waals surface area contributed by atoms with Crippen LogP contribution in [0.25, 0.3) is 6.08 Å². The number of rotatable bonds is 5. The molecule has 0 aliphatic carbocycles. The lowest BCUT2D eigenvalue weighted by Crippen LogP contribution is -2.44. The van der Waals surface area contributed by atoms with Gasteiger partial charge < -0.3 is 9.64 Å². The van der Waals surface area contributed by atoms with Gasteiger partial charge in [-0.25, -0.2) is 0 Å². The number of ketones is 1. The minimum Gasteiger partial charge on any atom is -0.497 e. The first-order valence-electron chi connectivity index (χ1n) is 10.6. The molecule has 0 aromatic heterocycles. The fourth-order valence-electron chi connectivity index (χ4n) is 5.04. The summed E-state index contributed by atoms with van der Waals surface area (Å²) >= 11 is 6.04. The first-order valence-corrected chi connectivity index (χ1v) is 11.0. The zero-order valence-electron chi connectivity index (χ0n) is 17.8. The van der Waals surface area contributed by atoms with Gasteiger partial charge >= 0.3 is 0 Å². The molecule has 1 saturated heterocycles. The highest BCUT2D eigenvalue weighted by Gasteiger charge is 2.58. The van der Waals surface area contributed by atoms with Crippen molar-refractivity contribution in [2.75, 3.05) is 12.0 Å². The van der Waals surface area contributed by atoms with Crippen molar-refractivity contribution in [1.29, 1.82) is 0 Å². The smallest absolute Gasteiger partial charge is 0.245 e. The number of nitro groups is 1. The Kier molecular flexibility index (Phi) is 5.38. The van der Waals surface area contributed by atoms with E-state index in [0.717, 1.165) is 16.8 Å². The van der Waals surface area contributed by atoms with Crippen LogP contribution in [0.2, 0.25) is 5.02 Å². The summed E-state index contributed by atoms with van der Waals surface area (Å²) in [6.45, 7) is 0. The number of hydrogen-bond donors (Lipinski definition) is 0. The molecule has 4 atom stereocenters. The molecule has 0 spiro atoms. The van der Waals surface area contributed by atoms with Crippen molar-refractivity contribution in [3.05, 3.63) is 111 Å². The first kappa shape index (κ1) is 21.2. The summed E-state index contributed by atoms with van der Waals surface area (Å²) in [4.78, 5) is 28.0. The summed E-state index contributed by atoms with van der Waals surface area (Å²) in [6.07, 6.45) is 3.76. The molecule has 7 heteroatoms. The molecule has 0 saturated carbocycles. The van der Waals surface area contributed by atoms with E-state index in [2.05, 4.69) is 0 Å². The third kappa shape index (κ3) is 3.56. The van der Waals surface area contributed by atoms with E-state index in [4.69, 9.17) is 16.3 Å². The molecule has 6 nitrogen and oxygen atoms in total. The zero-order valence-corrected chi connectivity index (χ0v) is 18.6. The summed E-state index contributed by atoms with van der Waals surface area (Å²) < 4.78 is 5.27. The number of benzene rings is 3. The number of anilines is 1. The lowest BCUT2D eigenvalue weighted by molar-refractivity contribution is -0.524. The van der Waals surface area contributed by atoms with Gasteiger partial charge in [0.25, 0.3) is 0 Å². The van der Waals surface area contributed by atoms with Crippen LogP contribution in [0.3, 0.4) is 0 Å². The van der Waals surface area contributed by atoms with Gasteiger partial charge in [0, 0.05) is 21.2 Å². The molecule has 0 unspecified atom stereocenters. The Morgan fingerprint density at radius 1 is 1.03 bits per heavy atom. The van der Waals surface area contributed by atoms with E-state index in [-0.39, 0.29) is 10.7 Å². The maximum absolute atomic E-state index is 13.9. The standard InChI is InChI=1S/C26H21ClN2O4/c1-33-20-13-8-17(9-14-20)23-24(29(31)32)22-15-10-16-4-2-3-5-21(16)28(22)25(23)26(30)18-6-11-19(27)12-7-18/h2-15,22-25H,1H3/t22-,23-,24-,25+/m0/s1. The van der Waals surface area contributed by atoms with Crippen LogP contribution in [0.15, 0.2) is 78.9 Å². The quantitative estimate of drug-likeness (QED) is 0.295. The number of nitrogens with zero attached hydrogens (tertiary/aromatic N) is 2. The number of para-hydroxylation sites is 1. The van der Waals surface area contributed by atoms with Crippen LogP contribution in [0.4, 0.5) is 5.69 Å². The third-order valence-corrected chi connectivity index (χ3v) is 6.76. The van der Waals surface area contributed by atoms with Crippen molar-refractivity contribution in [3.63, 3.8) is 0 Å². The molecule has 0 amide bonds. The van der Waals surface area contributed by atoms with Crippen molar-refractivity contribution >= 4 is 29.1 Å². The van der Waals surface area contributed by atoms with E-state index in [1.54, 1.807) is 43.5 Å². The minimum atomic E-state index is -0.996. The number of carbonyl (C=O) groups is 1. The topological polar surface area (TPSA) is 72.7 Å². The van der Waals surface area contributed by atoms with Crippen LogP contribution >= 0.6 is 11.6 Å². The van der Waals surface area contributed by atoms with Crippen molar-refractivity contribution < 1.29 is 14.5 Å². The summed E-state index contributed by atoms with van der Waals surface area (Å²) in [5.41, 5.74) is 2.95. The fourth-order valence-corrected chi connectivity index (χ4v) is 5.17. The van der Waals surface area contributed by atoms with E-state index in [1.165, 1.54) is 0 Å². The lowest BCUT2D eigenvalue weighted by atomic mass is 9.83. The van der Waals surface area contributed by atoms with Crippen molar-refractivity contribution in [2.45, 2.75) is 24.0 Å². The fraction of sp³-hybridized carbons (Fsp3) is 0.192. The van der Waals surface area contributed by atoms with E-state index in [1.807, 2.05) is 53.5 Å². The number of fused-ring (bicyclic) bond motifs is 3. The maximum Gasteiger partial charge on any atom is 0.245 e. The van der Waals surface area contributed by atoms with Gasteiger partial charge in [0.1, 0.15) is 17.8 Å². The Morgan fingerprint density at radius 2 is 1.73 bits per heavy atom. The van der Waals surface area contributed by atoms with E-state index >= 15 is 0 Å². The summed E-state index contributed by atoms with van der Waals surface area (Å²) in [6, 6.07) is 19.2. The number of halogens is 1. The lowest BCUT2D eigenvalue weighted by Gasteiger charge is -2.34. The van der Waals surface area contributed by atoms with E-state index < -0.39 is 24.0 Å². The largest absolute Gasteiger partial charge is 0.497 e. The number of carbonyl (C=O) groups excluding carboxylic acids is 1. The van der Waals surface area contributed by atoms with Crippen molar-refractivity contribution in [2.24, 2.45) is 0 Å². The zero-order chi connectivity index (χ0) is 23.1. The molecule has 3 aromatic rings. The van der Waals surface area contributed by atoms with Crippen LogP contribution in [0.5, 0.6) is 5.75 Å². The molecule has 0 N–H and O–H groups in total. The summed E-state index contributed by atoms with van der Waals surface area (Å²) in [5, 5.41) is 12.9. The predicted octanol–water partition coefficient (Wildman–Crippen LogP) is 5.24. The molecule has 2 heterocycles. The third-order valence-electron chi connectivity index (χ3n) is 6.51. The first-order chi connectivity index (χ1) is 16.0. The maximum atomic E-state index is 13.9. The highest BCUT2D eigenvalue weighted by Crippen LogP contribution is 2.47. The van der Waals surface area contributed by atoms with Crippen molar-refractivity contribution in [3.8, 4) is 5.75 Å². The van der Waals surface area contributed by atoms with Crippen LogP contribution in [0, 0.1) is 10.1 Å². The van der Waals surface area contributed by atoms with Gasteiger partial charge in [0.05, 0.1) is 13.0 Å². The molecule has 166 valence electrons. The molecule has 2 aliphatic heterocycles. The monoisotopic (exact) mass is 460 g/mol. The second-order valence-corrected chi connectivity index (χ2v) is 8.64. The van der Waals surface area contributed by atoms with Gasteiger partial charge in [-0.15, -0.1) is 0 Å². The van der Waals surface area contributed by atoms with Gasteiger partial charge in [-0.3, -0.25) is 14.9 Å². The molecule has 2 aliphatic rings. The van der Waals surface area contributed by atoms with E-state index in [9.17, 15) is 14.9 Å². The Morgan fingerprint density at radius 3 is 2.39 bits per heavy atom. The highest BCUT2D eigenvalue weighted by molar-refractivity contribution is 6.30. The number of Topliss-reactive ketones (excluding diaryl/α,β-unsaturated/α-hetero) is 1. The van der Waals surface area contributed by atoms with Crippen LogP contribution < -0.4 is 9.64 Å². The highest BCUT2D eigenvalue weighted by atomic mass is 35.5. The molecule has 0 radical (unpaired) electrons. The van der Waals surface area contributed by atoms with Gasteiger partial charge in [0.2, 0.25) is 6.04 Å². The molecule has 0 bridgehead atoms. The Bertz CT molecular complexity index is 1240. The predicted molar refractivity (Wildman–Crippen MR) is 128 cm³/mol. The van der Waals surface area contributed by atoms with E-state index in [0.29, 0.717) is 16.3 Å². The number of hydrogen-bond acceptors (Lipinski definition) is 5. The Balaban J connectivity index is 1.70. The van der Waals surface area contributed by atoms with Gasteiger partial charge in [-0.1, -0.05) is 54.1 Å². The normalized spacial score (nSPS) is 23.0. The summed E-state index contributed by atoms with van der Waals surface area (Å²) in [5.74, 6) is -0.181. The molecular formula is C26H21ClN2O4. The van der Waals surface area contributed by atoms with Gasteiger partial charge in [-0.05, 0) is 53.6 Å². The Labute approximate surface area is 196 Å². The molecule has 1 fully saturated rings. The Hall–Kier alpha value is -3.64. The van der Waals surface area contributed by atoms with Gasteiger partial charge in [-0.2, -0.15) is 0 Å². The molecular weight excluding hydrogens is 440 g/mol. The number of methoxy groups -OCH3 is 1. The van der Waals surface area contributed by atoms with Gasteiger partial charge in [0.15, 0.2) is 5.78 Å². The van der Waals surface area contributed by atoms with Crippen LogP contribution in [0.1, 0.15) is 27.4 Å². The summed E-state index contributed by atoms with van der Waals surface area (Å²) in [7, 11) is 1.57. The van der Waals surface area contributed by atoms with Crippen LogP contribution in [-0.2, 0) is 0 Å². The molecule has 5 rings (SSSR count). The van der Waals surface area contributed by atoms with Crippen LogP contribution in [-0.4, -0.2) is 35.9 Å². The average Bonchev–Trinajstić information content (AvgIpc) is 3.20. The van der Waals surface area contributed by atoms with Crippen molar-refractivity contribution in [1.82, 2.24) is 0 Å². The molecule has 3 aromatic carbocycles. The number of ether oxygens (including phenoxy) is 1. The molecule has 33 heavy (non-hydrogen) atoms. The average molecular weight is 461 g/mol. The SMILES string of the molecule is COc1ccc([C@H]2[C@@H]([N+](=O)[O-])[C@@H]3C=Cc4ccccc4N3[C@H]2C(=O)c2ccc(Cl)cc2)cc1.